The van der Waals surface area contributed by atoms with Crippen molar-refractivity contribution in [2.45, 2.75) is 50.9 Å². The third-order valence-electron chi connectivity index (χ3n) is 7.35. The second-order valence-corrected chi connectivity index (χ2v) is 11.1. The van der Waals surface area contributed by atoms with Crippen molar-refractivity contribution < 1.29 is 28.9 Å². The first-order valence-electron chi connectivity index (χ1n) is 15.4. The third-order valence-corrected chi connectivity index (χ3v) is 7.61. The molecule has 2 unspecified atom stereocenters. The number of rotatable bonds is 17. The molecule has 0 bridgehead atoms. The fourth-order valence-electron chi connectivity index (χ4n) is 4.96. The van der Waals surface area contributed by atoms with Gasteiger partial charge in [0.15, 0.2) is 5.65 Å². The van der Waals surface area contributed by atoms with Crippen molar-refractivity contribution in [3.05, 3.63) is 57.5 Å². The summed E-state index contributed by atoms with van der Waals surface area (Å²) in [5.74, 6) is 5.84. The quantitative estimate of drug-likeness (QED) is 0.0827. The van der Waals surface area contributed by atoms with Crippen molar-refractivity contribution in [2.24, 2.45) is 0 Å². The molecule has 2 atom stereocenters. The van der Waals surface area contributed by atoms with Crippen LogP contribution in [0.2, 0.25) is 0 Å². The fourth-order valence-corrected chi connectivity index (χ4v) is 5.15. The monoisotopic (exact) mass is 656 g/mol. The van der Waals surface area contributed by atoms with Gasteiger partial charge in [-0.1, -0.05) is 24.7 Å². The number of H-pyrrole nitrogens is 1. The van der Waals surface area contributed by atoms with Crippen LogP contribution >= 0.6 is 11.6 Å². The molecule has 3 aromatic rings. The van der Waals surface area contributed by atoms with Gasteiger partial charge < -0.3 is 40.3 Å². The van der Waals surface area contributed by atoms with Crippen molar-refractivity contribution in [2.75, 3.05) is 57.7 Å². The second-order valence-electron chi connectivity index (χ2n) is 10.7. The van der Waals surface area contributed by atoms with Gasteiger partial charge in [-0.15, -0.1) is 11.6 Å². The smallest absolute Gasteiger partial charge is 0.263 e. The van der Waals surface area contributed by atoms with E-state index in [0.717, 1.165) is 25.7 Å². The third kappa shape index (κ3) is 10.0. The highest BCUT2D eigenvalue weighted by Crippen LogP contribution is 2.31. The first kappa shape index (κ1) is 34.9. The van der Waals surface area contributed by atoms with E-state index in [1.54, 1.807) is 35.0 Å². The lowest BCUT2D eigenvalue weighted by atomic mass is 10.1. The molecule has 1 aliphatic rings. The Labute approximate surface area is 272 Å². The van der Waals surface area contributed by atoms with Crippen LogP contribution in [0.4, 0.5) is 5.95 Å². The zero-order valence-electron chi connectivity index (χ0n) is 25.7. The number of aliphatic hydroxyl groups is 1. The Bertz CT molecular complexity index is 1560. The van der Waals surface area contributed by atoms with Gasteiger partial charge in [0.2, 0.25) is 5.95 Å². The van der Waals surface area contributed by atoms with Crippen LogP contribution in [0.3, 0.4) is 0 Å². The Hall–Kier alpha value is -3.93. The summed E-state index contributed by atoms with van der Waals surface area (Å²) >= 11 is 5.66. The highest BCUT2D eigenvalue weighted by molar-refractivity contribution is 6.17. The number of alkyl halides is 1. The van der Waals surface area contributed by atoms with E-state index in [4.69, 9.17) is 31.5 Å². The number of halogens is 1. The molecule has 46 heavy (non-hydrogen) atoms. The van der Waals surface area contributed by atoms with Crippen molar-refractivity contribution in [1.82, 2.24) is 25.2 Å². The van der Waals surface area contributed by atoms with Crippen molar-refractivity contribution >= 4 is 40.4 Å². The number of nitrogen functional groups attached to an aromatic ring is 1. The number of nitrogens with one attached hydrogen (secondary N) is 3. The average Bonchev–Trinajstić information content (AvgIpc) is 3.68. The first-order chi connectivity index (χ1) is 22.4. The Morgan fingerprint density at radius 2 is 1.74 bits per heavy atom. The molecular weight excluding hydrogens is 616 g/mol. The number of carbonyl (C=O) groups excluding carboxylic acids is 2. The normalized spacial score (nSPS) is 15.9. The lowest BCUT2D eigenvalue weighted by Crippen LogP contribution is -2.28. The molecule has 3 heterocycles. The summed E-state index contributed by atoms with van der Waals surface area (Å²) in [7, 11) is 0. The van der Waals surface area contributed by atoms with Gasteiger partial charge in [-0.05, 0) is 49.9 Å². The molecular formula is C32H41ClN6O7. The molecule has 2 aromatic heterocycles. The summed E-state index contributed by atoms with van der Waals surface area (Å²) in [5, 5.41) is 15.2. The number of unbranched alkanes of at least 4 members (excludes halogenated alkanes) is 3. The SMILES string of the molecule is Nc1nc2c(c(C#CCNC(=O)c3ccc(C(=O)NCCOCCOCCCCCCCl)cc3)cn2C2CCC(CO)O2)c(=O)[nH]1. The minimum Gasteiger partial charge on any atom is -0.394 e. The zero-order valence-corrected chi connectivity index (χ0v) is 26.4. The van der Waals surface area contributed by atoms with Gasteiger partial charge in [0, 0.05) is 36.4 Å². The predicted molar refractivity (Wildman–Crippen MR) is 174 cm³/mol. The predicted octanol–water partition coefficient (Wildman–Crippen LogP) is 2.32. The number of aromatic amines is 1. The van der Waals surface area contributed by atoms with E-state index in [2.05, 4.69) is 32.4 Å². The average molecular weight is 657 g/mol. The minimum absolute atomic E-state index is 0.0141. The van der Waals surface area contributed by atoms with Gasteiger partial charge in [-0.3, -0.25) is 19.4 Å². The summed E-state index contributed by atoms with van der Waals surface area (Å²) in [6, 6.07) is 6.27. The molecule has 1 fully saturated rings. The Morgan fingerprint density at radius 1 is 1.04 bits per heavy atom. The molecule has 1 aromatic carbocycles. The van der Waals surface area contributed by atoms with Crippen LogP contribution in [-0.4, -0.2) is 89.6 Å². The van der Waals surface area contributed by atoms with Gasteiger partial charge >= 0.3 is 0 Å². The highest BCUT2D eigenvalue weighted by Gasteiger charge is 2.28. The molecule has 13 nitrogen and oxygen atoms in total. The number of aliphatic hydroxyl groups excluding tert-OH is 1. The van der Waals surface area contributed by atoms with Gasteiger partial charge in [-0.25, -0.2) is 0 Å². The molecule has 2 amide bonds. The van der Waals surface area contributed by atoms with Crippen molar-refractivity contribution in [3.63, 3.8) is 0 Å². The van der Waals surface area contributed by atoms with E-state index in [-0.39, 0.29) is 42.4 Å². The molecule has 1 saturated heterocycles. The van der Waals surface area contributed by atoms with Crippen LogP contribution in [0.5, 0.6) is 0 Å². The van der Waals surface area contributed by atoms with Crippen LogP contribution < -0.4 is 21.9 Å². The van der Waals surface area contributed by atoms with Gasteiger partial charge in [-0.2, -0.15) is 4.98 Å². The number of benzene rings is 1. The van der Waals surface area contributed by atoms with Crippen molar-refractivity contribution in [3.8, 4) is 11.8 Å². The number of ether oxygens (including phenoxy) is 3. The number of nitrogens with two attached hydrogens (primary N) is 1. The molecule has 0 spiro atoms. The largest absolute Gasteiger partial charge is 0.394 e. The summed E-state index contributed by atoms with van der Waals surface area (Å²) in [6.07, 6.45) is 6.53. The van der Waals surface area contributed by atoms with Crippen LogP contribution in [0, 0.1) is 11.8 Å². The zero-order chi connectivity index (χ0) is 32.7. The van der Waals surface area contributed by atoms with Crippen LogP contribution in [-0.2, 0) is 14.2 Å². The molecule has 0 radical (unpaired) electrons. The minimum atomic E-state index is -0.437. The molecule has 0 aliphatic carbocycles. The summed E-state index contributed by atoms with van der Waals surface area (Å²) in [4.78, 5) is 44.5. The van der Waals surface area contributed by atoms with E-state index >= 15 is 0 Å². The van der Waals surface area contributed by atoms with Gasteiger partial charge in [0.1, 0.15) is 6.23 Å². The molecule has 248 valence electrons. The van der Waals surface area contributed by atoms with Crippen LogP contribution in [0.1, 0.15) is 71.0 Å². The van der Waals surface area contributed by atoms with Crippen molar-refractivity contribution in [1.29, 1.82) is 0 Å². The highest BCUT2D eigenvalue weighted by atomic mass is 35.5. The summed E-state index contributed by atoms with van der Waals surface area (Å²) in [5.41, 5.74) is 6.87. The standard InChI is InChI=1S/C32H41ClN6O7/c33-13-3-1-2-4-16-44-18-19-45-17-15-36-30(42)23-9-7-22(8-10-23)29(41)35-14-5-6-24-20-39(26-12-11-25(21-40)46-26)28-27(24)31(43)38-32(34)37-28/h7-10,20,25-26,40H,1-4,11-19,21H2,(H,35,41)(H,36,42)(H3,34,37,38,43). The number of carbonyl (C=O) groups is 2. The summed E-state index contributed by atoms with van der Waals surface area (Å²) < 4.78 is 18.6. The maximum atomic E-state index is 12.7. The number of anilines is 1. The Balaban J connectivity index is 1.20. The van der Waals surface area contributed by atoms with Crippen LogP contribution in [0.25, 0.3) is 11.0 Å². The lowest BCUT2D eigenvalue weighted by Gasteiger charge is -2.14. The van der Waals surface area contributed by atoms with E-state index in [1.807, 2.05) is 0 Å². The fraction of sp³-hybridized carbons (Fsp3) is 0.500. The Morgan fingerprint density at radius 3 is 2.43 bits per heavy atom. The second kappa shape index (κ2) is 18.3. The molecule has 1 aliphatic heterocycles. The maximum absolute atomic E-state index is 12.7. The number of amides is 2. The number of hydrogen-bond donors (Lipinski definition) is 5. The topological polar surface area (TPSA) is 183 Å². The van der Waals surface area contributed by atoms with E-state index in [1.165, 1.54) is 0 Å². The van der Waals surface area contributed by atoms with E-state index in [0.29, 0.717) is 74.0 Å². The maximum Gasteiger partial charge on any atom is 0.263 e. The van der Waals surface area contributed by atoms with Gasteiger partial charge in [0.05, 0.1) is 50.0 Å². The number of hydrogen-bond acceptors (Lipinski definition) is 9. The Kier molecular flexibility index (Phi) is 13.9. The van der Waals surface area contributed by atoms with E-state index in [9.17, 15) is 19.5 Å². The van der Waals surface area contributed by atoms with Gasteiger partial charge in [0.25, 0.3) is 17.4 Å². The molecule has 0 saturated carbocycles. The number of nitrogens with zero attached hydrogens (tertiary/aromatic N) is 2. The molecule has 6 N–H and O–H groups in total. The number of aromatic nitrogens is 3. The molecule has 4 rings (SSSR count). The number of fused-ring (bicyclic) bond motifs is 1. The summed E-state index contributed by atoms with van der Waals surface area (Å²) in [6.45, 7) is 2.31. The lowest BCUT2D eigenvalue weighted by molar-refractivity contribution is -0.0204. The first-order valence-corrected chi connectivity index (χ1v) is 16.0. The van der Waals surface area contributed by atoms with E-state index < -0.39 is 11.8 Å². The molecule has 14 heteroatoms. The van der Waals surface area contributed by atoms with Crippen LogP contribution in [0.15, 0.2) is 35.3 Å².